The SMILES string of the molecule is [N-]=[N+]=NC(=O)[C@H](CSCc1ccccc1)NC(=O)[C@H](CC(N)=O)NC(=O)[C@H](CCC(N)=O)NC(=O)OCc1ccccc1. The van der Waals surface area contributed by atoms with Gasteiger partial charge in [0.1, 0.15) is 24.7 Å². The number of hydrogen-bond acceptors (Lipinski definition) is 8. The van der Waals surface area contributed by atoms with Gasteiger partial charge in [-0.1, -0.05) is 60.7 Å². The van der Waals surface area contributed by atoms with Crippen molar-refractivity contribution in [3.05, 3.63) is 82.2 Å². The molecular weight excluding hydrogens is 580 g/mol. The minimum atomic E-state index is -1.58. The normalized spacial score (nSPS) is 12.4. The molecule has 2 aromatic rings. The number of alkyl carbamates (subject to hydrolysis) is 1. The highest BCUT2D eigenvalue weighted by molar-refractivity contribution is 7.98. The van der Waals surface area contributed by atoms with Crippen molar-refractivity contribution in [2.45, 2.75) is 49.7 Å². The Labute approximate surface area is 251 Å². The minimum absolute atomic E-state index is 0.00573. The molecule has 0 bridgehead atoms. The number of carbonyl (C=O) groups excluding carboxylic acids is 6. The quantitative estimate of drug-likeness (QED) is 0.0982. The van der Waals surface area contributed by atoms with Crippen LogP contribution in [0.2, 0.25) is 0 Å². The van der Waals surface area contributed by atoms with E-state index >= 15 is 0 Å². The van der Waals surface area contributed by atoms with Crippen LogP contribution in [0.1, 0.15) is 30.4 Å². The first kappa shape index (κ1) is 34.1. The first-order valence-electron chi connectivity index (χ1n) is 12.9. The van der Waals surface area contributed by atoms with E-state index in [1.165, 1.54) is 11.8 Å². The summed E-state index contributed by atoms with van der Waals surface area (Å²) in [6.07, 6.45) is -2.20. The number of nitrogens with one attached hydrogen (secondary N) is 3. The van der Waals surface area contributed by atoms with E-state index in [-0.39, 0.29) is 25.2 Å². The van der Waals surface area contributed by atoms with Crippen LogP contribution in [-0.2, 0) is 41.1 Å². The summed E-state index contributed by atoms with van der Waals surface area (Å²) in [5.74, 6) is -4.13. The third kappa shape index (κ3) is 13.4. The molecule has 0 spiro atoms. The van der Waals surface area contributed by atoms with Gasteiger partial charge in [-0.2, -0.15) is 11.8 Å². The lowest BCUT2D eigenvalue weighted by molar-refractivity contribution is -0.133. The van der Waals surface area contributed by atoms with E-state index in [2.05, 4.69) is 26.0 Å². The molecule has 3 atom stereocenters. The molecule has 6 amide bonds. The van der Waals surface area contributed by atoms with E-state index in [4.69, 9.17) is 21.7 Å². The molecule has 0 fully saturated rings. The Bertz CT molecular complexity index is 1320. The number of amides is 6. The second-order valence-electron chi connectivity index (χ2n) is 9.08. The third-order valence-electron chi connectivity index (χ3n) is 5.69. The zero-order chi connectivity index (χ0) is 31.6. The average Bonchev–Trinajstić information content (AvgIpc) is 2.98. The van der Waals surface area contributed by atoms with Gasteiger partial charge >= 0.3 is 6.09 Å². The molecule has 0 unspecified atom stereocenters. The zero-order valence-corrected chi connectivity index (χ0v) is 23.8. The molecule has 43 heavy (non-hydrogen) atoms. The fraction of sp³-hybridized carbons (Fsp3) is 0.333. The molecule has 0 aliphatic rings. The van der Waals surface area contributed by atoms with E-state index in [1.54, 1.807) is 30.3 Å². The standard InChI is InChI=1S/C27H32N8O7S/c28-22(36)12-11-19(33-27(41)42-14-17-7-3-1-4-8-17)24(38)31-20(13-23(29)37)25(39)32-21(26(40)34-35-30)16-43-15-18-9-5-2-6-10-18/h1-10,19-21H,11-16H2,(H2,28,36)(H2,29,37)(H,31,38)(H,32,39)(H,33,41)/t19-,20-,21-/m0/s1. The number of thioether (sulfide) groups is 1. The Hall–Kier alpha value is -5.08. The highest BCUT2D eigenvalue weighted by Crippen LogP contribution is 2.14. The molecule has 0 heterocycles. The predicted molar refractivity (Wildman–Crippen MR) is 156 cm³/mol. The molecule has 2 rings (SSSR count). The van der Waals surface area contributed by atoms with E-state index in [9.17, 15) is 28.8 Å². The fourth-order valence-corrected chi connectivity index (χ4v) is 4.58. The van der Waals surface area contributed by atoms with Gasteiger partial charge in [0, 0.05) is 22.8 Å². The van der Waals surface area contributed by atoms with Crippen LogP contribution in [0.5, 0.6) is 0 Å². The van der Waals surface area contributed by atoms with E-state index in [0.29, 0.717) is 11.3 Å². The molecule has 0 aromatic heterocycles. The molecule has 2 aromatic carbocycles. The van der Waals surface area contributed by atoms with Gasteiger partial charge in [0.25, 0.3) is 0 Å². The summed E-state index contributed by atoms with van der Waals surface area (Å²) < 4.78 is 5.12. The molecule has 15 nitrogen and oxygen atoms in total. The van der Waals surface area contributed by atoms with Crippen LogP contribution in [0.3, 0.4) is 0 Å². The summed E-state index contributed by atoms with van der Waals surface area (Å²) in [5, 5.41) is 10.1. The maximum atomic E-state index is 13.1. The van der Waals surface area contributed by atoms with Gasteiger partial charge in [-0.15, -0.1) is 0 Å². The number of ether oxygens (including phenoxy) is 1. The van der Waals surface area contributed by atoms with Gasteiger partial charge in [0.05, 0.1) is 6.42 Å². The summed E-state index contributed by atoms with van der Waals surface area (Å²) in [5.41, 5.74) is 20.8. The van der Waals surface area contributed by atoms with E-state index in [0.717, 1.165) is 5.56 Å². The maximum Gasteiger partial charge on any atom is 0.408 e. The molecular formula is C27H32N8O7S. The Morgan fingerprint density at radius 1 is 0.814 bits per heavy atom. The molecule has 0 saturated carbocycles. The number of primary amides is 2. The van der Waals surface area contributed by atoms with Crippen LogP contribution >= 0.6 is 11.8 Å². The second-order valence-corrected chi connectivity index (χ2v) is 10.1. The predicted octanol–water partition coefficient (Wildman–Crippen LogP) is 1.16. The molecule has 228 valence electrons. The number of carbonyl (C=O) groups is 6. The maximum absolute atomic E-state index is 13.1. The number of rotatable bonds is 17. The monoisotopic (exact) mass is 612 g/mol. The van der Waals surface area contributed by atoms with Gasteiger partial charge in [-0.3, -0.25) is 24.0 Å². The van der Waals surface area contributed by atoms with Crippen molar-refractivity contribution >= 4 is 47.4 Å². The number of nitrogens with zero attached hydrogens (tertiary/aromatic N) is 3. The molecule has 0 radical (unpaired) electrons. The van der Waals surface area contributed by atoms with E-state index in [1.807, 2.05) is 30.3 Å². The molecule has 0 aliphatic carbocycles. The van der Waals surface area contributed by atoms with Crippen molar-refractivity contribution < 1.29 is 33.5 Å². The summed E-state index contributed by atoms with van der Waals surface area (Å²) in [4.78, 5) is 76.6. The lowest BCUT2D eigenvalue weighted by atomic mass is 10.1. The van der Waals surface area contributed by atoms with Gasteiger partial charge in [-0.25, -0.2) is 4.79 Å². The Morgan fingerprint density at radius 2 is 1.40 bits per heavy atom. The van der Waals surface area contributed by atoms with Gasteiger partial charge in [0.2, 0.25) is 29.5 Å². The van der Waals surface area contributed by atoms with Crippen molar-refractivity contribution in [1.82, 2.24) is 16.0 Å². The topological polar surface area (TPSA) is 249 Å². The molecule has 0 saturated heterocycles. The van der Waals surface area contributed by atoms with Crippen LogP contribution in [0.4, 0.5) is 4.79 Å². The number of benzene rings is 2. The lowest BCUT2D eigenvalue weighted by Crippen LogP contribution is -2.57. The summed E-state index contributed by atoms with van der Waals surface area (Å²) >= 11 is 1.27. The van der Waals surface area contributed by atoms with Crippen molar-refractivity contribution in [3.8, 4) is 0 Å². The Morgan fingerprint density at radius 3 is 1.98 bits per heavy atom. The van der Waals surface area contributed by atoms with Crippen molar-refractivity contribution in [2.24, 2.45) is 16.6 Å². The van der Waals surface area contributed by atoms with Crippen LogP contribution < -0.4 is 27.4 Å². The summed E-state index contributed by atoms with van der Waals surface area (Å²) in [6.45, 7) is -0.105. The third-order valence-corrected chi connectivity index (χ3v) is 6.80. The van der Waals surface area contributed by atoms with E-state index < -0.39 is 60.2 Å². The van der Waals surface area contributed by atoms with Crippen LogP contribution in [-0.4, -0.2) is 59.5 Å². The smallest absolute Gasteiger partial charge is 0.408 e. The first-order chi connectivity index (χ1) is 20.6. The van der Waals surface area contributed by atoms with Crippen molar-refractivity contribution in [1.29, 1.82) is 0 Å². The van der Waals surface area contributed by atoms with Crippen LogP contribution in [0.15, 0.2) is 65.8 Å². The van der Waals surface area contributed by atoms with Crippen LogP contribution in [0.25, 0.3) is 10.4 Å². The summed E-state index contributed by atoms with van der Waals surface area (Å²) in [7, 11) is 0. The highest BCUT2D eigenvalue weighted by atomic mass is 32.2. The average molecular weight is 613 g/mol. The molecule has 16 heteroatoms. The lowest BCUT2D eigenvalue weighted by Gasteiger charge is -2.24. The Balaban J connectivity index is 2.11. The zero-order valence-electron chi connectivity index (χ0n) is 23.0. The second kappa shape index (κ2) is 18.4. The minimum Gasteiger partial charge on any atom is -0.445 e. The van der Waals surface area contributed by atoms with Crippen molar-refractivity contribution in [2.75, 3.05) is 5.75 Å². The number of hydrogen-bond donors (Lipinski definition) is 5. The van der Waals surface area contributed by atoms with Gasteiger partial charge < -0.3 is 32.2 Å². The number of azide groups is 1. The molecule has 0 aliphatic heterocycles. The summed E-state index contributed by atoms with van der Waals surface area (Å²) in [6, 6.07) is 13.7. The number of nitrogens with two attached hydrogens (primary N) is 2. The highest BCUT2D eigenvalue weighted by Gasteiger charge is 2.31. The largest absolute Gasteiger partial charge is 0.445 e. The Kier molecular flexibility index (Phi) is 14.6. The van der Waals surface area contributed by atoms with Gasteiger partial charge in [-0.05, 0) is 28.2 Å². The van der Waals surface area contributed by atoms with Crippen molar-refractivity contribution in [3.63, 3.8) is 0 Å². The van der Waals surface area contributed by atoms with Crippen LogP contribution in [0, 0.1) is 0 Å². The first-order valence-corrected chi connectivity index (χ1v) is 14.1. The van der Waals surface area contributed by atoms with Gasteiger partial charge in [0.15, 0.2) is 0 Å². The molecule has 7 N–H and O–H groups in total. The fourth-order valence-electron chi connectivity index (χ4n) is 3.57.